The Morgan fingerprint density at radius 2 is 1.95 bits per heavy atom. The Balaban J connectivity index is 1.61. The molecule has 2 N–H and O–H groups in total. The average molecular weight is 295 g/mol. The Morgan fingerprint density at radius 1 is 1.09 bits per heavy atom. The van der Waals surface area contributed by atoms with E-state index in [0.29, 0.717) is 0 Å². The molecule has 1 aliphatic rings. The Hall–Kier alpha value is -2.00. The smallest absolute Gasteiger partial charge is 0.0487 e. The van der Waals surface area contributed by atoms with Crippen LogP contribution in [-0.2, 0) is 13.0 Å². The lowest BCUT2D eigenvalue weighted by molar-refractivity contribution is 0.679. The van der Waals surface area contributed by atoms with Crippen molar-refractivity contribution in [1.82, 2.24) is 5.43 Å². The molecule has 1 heterocycles. The van der Waals surface area contributed by atoms with Crippen molar-refractivity contribution in [2.24, 2.45) is 0 Å². The minimum Gasteiger partial charge on any atom is -0.371 e. The van der Waals surface area contributed by atoms with E-state index in [1.54, 1.807) is 0 Å². The van der Waals surface area contributed by atoms with Crippen LogP contribution >= 0.6 is 0 Å². The Labute approximate surface area is 133 Å². The van der Waals surface area contributed by atoms with E-state index in [1.165, 1.54) is 49.2 Å². The quantitative estimate of drug-likeness (QED) is 0.790. The van der Waals surface area contributed by atoms with E-state index < -0.39 is 0 Å². The zero-order valence-corrected chi connectivity index (χ0v) is 13.3. The summed E-state index contributed by atoms with van der Waals surface area (Å²) >= 11 is 0. The molecule has 0 aliphatic carbocycles. The van der Waals surface area contributed by atoms with Crippen molar-refractivity contribution in [1.29, 1.82) is 0 Å². The highest BCUT2D eigenvalue weighted by Crippen LogP contribution is 2.28. The third kappa shape index (κ3) is 3.60. The summed E-state index contributed by atoms with van der Waals surface area (Å²) in [6.07, 6.45) is 3.69. The lowest BCUT2D eigenvalue weighted by atomic mass is 9.99. The molecule has 1 aliphatic heterocycles. The zero-order valence-electron chi connectivity index (χ0n) is 13.3. The highest BCUT2D eigenvalue weighted by Gasteiger charge is 2.16. The molecule has 0 amide bonds. The first-order valence-electron chi connectivity index (χ1n) is 8.27. The Morgan fingerprint density at radius 3 is 2.77 bits per heavy atom. The maximum atomic E-state index is 3.30. The first-order valence-corrected chi connectivity index (χ1v) is 8.27. The van der Waals surface area contributed by atoms with Crippen LogP contribution in [0.3, 0.4) is 0 Å². The van der Waals surface area contributed by atoms with E-state index in [9.17, 15) is 0 Å². The summed E-state index contributed by atoms with van der Waals surface area (Å²) in [7, 11) is 0. The highest BCUT2D eigenvalue weighted by molar-refractivity contribution is 5.56. The number of para-hydroxylation sites is 1. The minimum atomic E-state index is 0.829. The van der Waals surface area contributed by atoms with E-state index in [2.05, 4.69) is 53.0 Å². The monoisotopic (exact) mass is 295 g/mol. The molecule has 3 rings (SSSR count). The Bertz CT molecular complexity index is 595. The first kappa shape index (κ1) is 14.9. The molecular formula is C19H25N3. The molecule has 0 fully saturated rings. The van der Waals surface area contributed by atoms with Crippen molar-refractivity contribution in [3.8, 4) is 0 Å². The SMILES string of the molecule is CCCN1CCCc2cc(CNNc3ccccc3)ccc21. The minimum absolute atomic E-state index is 0.829. The Kier molecular flexibility index (Phi) is 4.96. The van der Waals surface area contributed by atoms with Crippen LogP contribution in [-0.4, -0.2) is 13.1 Å². The van der Waals surface area contributed by atoms with Crippen LogP contribution in [0, 0.1) is 0 Å². The summed E-state index contributed by atoms with van der Waals surface area (Å²) in [6, 6.07) is 17.1. The molecule has 0 radical (unpaired) electrons. The highest BCUT2D eigenvalue weighted by atomic mass is 15.3. The van der Waals surface area contributed by atoms with Gasteiger partial charge in [0.25, 0.3) is 0 Å². The molecule has 116 valence electrons. The lowest BCUT2D eigenvalue weighted by Crippen LogP contribution is -2.30. The summed E-state index contributed by atoms with van der Waals surface area (Å²) in [5.74, 6) is 0. The van der Waals surface area contributed by atoms with E-state index >= 15 is 0 Å². The number of nitrogens with zero attached hydrogens (tertiary/aromatic N) is 1. The van der Waals surface area contributed by atoms with Gasteiger partial charge in [-0.2, -0.15) is 0 Å². The number of fused-ring (bicyclic) bond motifs is 1. The van der Waals surface area contributed by atoms with Crippen LogP contribution in [0.15, 0.2) is 48.5 Å². The molecule has 22 heavy (non-hydrogen) atoms. The number of rotatable bonds is 6. The van der Waals surface area contributed by atoms with Gasteiger partial charge in [0.15, 0.2) is 0 Å². The zero-order chi connectivity index (χ0) is 15.2. The van der Waals surface area contributed by atoms with Gasteiger partial charge in [-0.05, 0) is 48.6 Å². The van der Waals surface area contributed by atoms with Gasteiger partial charge < -0.3 is 10.3 Å². The van der Waals surface area contributed by atoms with Gasteiger partial charge in [-0.1, -0.05) is 37.3 Å². The van der Waals surface area contributed by atoms with Gasteiger partial charge in [0.05, 0.1) is 0 Å². The van der Waals surface area contributed by atoms with Crippen LogP contribution < -0.4 is 15.8 Å². The summed E-state index contributed by atoms with van der Waals surface area (Å²) in [6.45, 7) is 5.45. The van der Waals surface area contributed by atoms with E-state index in [-0.39, 0.29) is 0 Å². The predicted molar refractivity (Wildman–Crippen MR) is 94.2 cm³/mol. The number of benzene rings is 2. The van der Waals surface area contributed by atoms with Crippen molar-refractivity contribution >= 4 is 11.4 Å². The van der Waals surface area contributed by atoms with Crippen LogP contribution in [0.25, 0.3) is 0 Å². The van der Waals surface area contributed by atoms with Crippen molar-refractivity contribution in [2.75, 3.05) is 23.4 Å². The molecule has 0 saturated heterocycles. The predicted octanol–water partition coefficient (Wildman–Crippen LogP) is 3.97. The van der Waals surface area contributed by atoms with Crippen LogP contribution in [0.2, 0.25) is 0 Å². The molecule has 3 heteroatoms. The molecule has 0 bridgehead atoms. The normalized spacial score (nSPS) is 13.8. The summed E-state index contributed by atoms with van der Waals surface area (Å²) in [5.41, 5.74) is 11.9. The van der Waals surface area contributed by atoms with E-state index in [4.69, 9.17) is 0 Å². The third-order valence-electron chi connectivity index (χ3n) is 4.15. The van der Waals surface area contributed by atoms with Gasteiger partial charge in [0, 0.05) is 31.0 Å². The number of anilines is 2. The van der Waals surface area contributed by atoms with E-state index in [0.717, 1.165) is 12.2 Å². The van der Waals surface area contributed by atoms with Gasteiger partial charge in [0.1, 0.15) is 0 Å². The number of nitrogens with one attached hydrogen (secondary N) is 2. The van der Waals surface area contributed by atoms with Gasteiger partial charge in [-0.25, -0.2) is 5.43 Å². The third-order valence-corrected chi connectivity index (χ3v) is 4.15. The fourth-order valence-electron chi connectivity index (χ4n) is 3.11. The molecular weight excluding hydrogens is 270 g/mol. The standard InChI is InChI=1S/C19H25N3/c1-2-12-22-13-6-7-17-14-16(10-11-19(17)22)15-20-21-18-8-4-3-5-9-18/h3-5,8-11,14,20-21H,2,6-7,12-13,15H2,1H3. The van der Waals surface area contributed by atoms with Crippen LogP contribution in [0.4, 0.5) is 11.4 Å². The summed E-state index contributed by atoms with van der Waals surface area (Å²) in [5, 5.41) is 0. The fourth-order valence-corrected chi connectivity index (χ4v) is 3.11. The molecule has 2 aromatic rings. The second kappa shape index (κ2) is 7.32. The maximum absolute atomic E-state index is 3.30. The van der Waals surface area contributed by atoms with Crippen molar-refractivity contribution in [2.45, 2.75) is 32.7 Å². The summed E-state index contributed by atoms with van der Waals surface area (Å²) in [4.78, 5) is 2.53. The number of hydrogen-bond acceptors (Lipinski definition) is 3. The molecule has 0 atom stereocenters. The van der Waals surface area contributed by atoms with Crippen molar-refractivity contribution < 1.29 is 0 Å². The number of hydrogen-bond donors (Lipinski definition) is 2. The second-order valence-corrected chi connectivity index (χ2v) is 5.90. The summed E-state index contributed by atoms with van der Waals surface area (Å²) < 4.78 is 0. The number of hydrazine groups is 1. The molecule has 3 nitrogen and oxygen atoms in total. The lowest BCUT2D eigenvalue weighted by Gasteiger charge is -2.31. The second-order valence-electron chi connectivity index (χ2n) is 5.90. The molecule has 0 spiro atoms. The van der Waals surface area contributed by atoms with Crippen molar-refractivity contribution in [3.63, 3.8) is 0 Å². The fraction of sp³-hybridized carbons (Fsp3) is 0.368. The molecule has 0 aromatic heterocycles. The van der Waals surface area contributed by atoms with Gasteiger partial charge >= 0.3 is 0 Å². The van der Waals surface area contributed by atoms with Gasteiger partial charge in [-0.15, -0.1) is 0 Å². The van der Waals surface area contributed by atoms with Crippen LogP contribution in [0.5, 0.6) is 0 Å². The largest absolute Gasteiger partial charge is 0.371 e. The van der Waals surface area contributed by atoms with Gasteiger partial charge in [-0.3, -0.25) is 0 Å². The van der Waals surface area contributed by atoms with Gasteiger partial charge in [0.2, 0.25) is 0 Å². The number of aryl methyl sites for hydroxylation is 1. The topological polar surface area (TPSA) is 27.3 Å². The molecule has 0 saturated carbocycles. The maximum Gasteiger partial charge on any atom is 0.0487 e. The van der Waals surface area contributed by atoms with Crippen LogP contribution in [0.1, 0.15) is 30.9 Å². The molecule has 2 aromatic carbocycles. The molecule has 0 unspecified atom stereocenters. The van der Waals surface area contributed by atoms with E-state index in [1.807, 2.05) is 18.2 Å². The first-order chi connectivity index (χ1) is 10.9. The van der Waals surface area contributed by atoms with Crippen molar-refractivity contribution in [3.05, 3.63) is 59.7 Å². The average Bonchev–Trinajstić information content (AvgIpc) is 2.56.